The summed E-state index contributed by atoms with van der Waals surface area (Å²) in [6.45, 7) is 4.00. The van der Waals surface area contributed by atoms with Gasteiger partial charge in [0.1, 0.15) is 12.1 Å². The number of hydrogen-bond acceptors (Lipinski definition) is 5. The van der Waals surface area contributed by atoms with E-state index in [9.17, 15) is 4.79 Å². The van der Waals surface area contributed by atoms with Gasteiger partial charge in [0.05, 0.1) is 40.3 Å². The van der Waals surface area contributed by atoms with E-state index in [1.165, 1.54) is 0 Å². The monoisotopic (exact) mass is 400 g/mol. The van der Waals surface area contributed by atoms with Crippen molar-refractivity contribution in [3.8, 4) is 23.0 Å². The van der Waals surface area contributed by atoms with Gasteiger partial charge in [0.15, 0.2) is 28.8 Å². The molecule has 1 saturated heterocycles. The molecule has 0 radical (unpaired) electrons. The zero-order valence-corrected chi connectivity index (χ0v) is 17.9. The number of hydrogen-bond donors (Lipinski definition) is 1. The smallest absolute Gasteiger partial charge is 0.161 e. The van der Waals surface area contributed by atoms with Crippen LogP contribution in [-0.2, 0) is 4.79 Å². The van der Waals surface area contributed by atoms with Gasteiger partial charge in [-0.05, 0) is 50.2 Å². The molecule has 2 aromatic carbocycles. The molecule has 156 valence electrons. The SMILES string of the molecule is COc1ccc([C@H]2[NH2+][C@H](c3ccc(OC)c(OC)c3)[C@@H](C)C(=O)[C@H]2C)cc1OC. The summed E-state index contributed by atoms with van der Waals surface area (Å²) in [4.78, 5) is 13.1. The molecule has 29 heavy (non-hydrogen) atoms. The summed E-state index contributed by atoms with van der Waals surface area (Å²) in [6, 6.07) is 11.7. The van der Waals surface area contributed by atoms with Crippen molar-refractivity contribution < 1.29 is 29.1 Å². The molecule has 1 heterocycles. The number of nitrogens with two attached hydrogens (primary N) is 1. The Morgan fingerprint density at radius 1 is 0.655 bits per heavy atom. The minimum Gasteiger partial charge on any atom is -0.493 e. The molecular formula is C23H30NO5+. The van der Waals surface area contributed by atoms with Crippen molar-refractivity contribution in [1.82, 2.24) is 0 Å². The van der Waals surface area contributed by atoms with E-state index in [4.69, 9.17) is 18.9 Å². The average Bonchev–Trinajstić information content (AvgIpc) is 2.76. The van der Waals surface area contributed by atoms with Crippen LogP contribution in [0.15, 0.2) is 36.4 Å². The van der Waals surface area contributed by atoms with E-state index in [0.29, 0.717) is 23.0 Å². The number of ketones is 1. The Morgan fingerprint density at radius 3 is 1.38 bits per heavy atom. The Morgan fingerprint density at radius 2 is 1.03 bits per heavy atom. The van der Waals surface area contributed by atoms with Crippen LogP contribution in [0.3, 0.4) is 0 Å². The molecule has 6 heteroatoms. The number of quaternary nitrogens is 1. The third-order valence-corrected chi connectivity index (χ3v) is 5.97. The summed E-state index contributed by atoms with van der Waals surface area (Å²) >= 11 is 0. The third-order valence-electron chi connectivity index (χ3n) is 5.97. The molecule has 0 saturated carbocycles. The van der Waals surface area contributed by atoms with Crippen LogP contribution in [0.2, 0.25) is 0 Å². The molecule has 3 rings (SSSR count). The maximum Gasteiger partial charge on any atom is 0.161 e. The second kappa shape index (κ2) is 8.74. The predicted molar refractivity (Wildman–Crippen MR) is 110 cm³/mol. The molecular weight excluding hydrogens is 370 g/mol. The molecule has 2 N–H and O–H groups in total. The largest absolute Gasteiger partial charge is 0.493 e. The molecule has 0 amide bonds. The molecule has 1 fully saturated rings. The first-order chi connectivity index (χ1) is 13.9. The van der Waals surface area contributed by atoms with Crippen molar-refractivity contribution in [3.05, 3.63) is 47.5 Å². The normalized spacial score (nSPS) is 24.1. The standard InChI is InChI=1S/C23H29NO5/c1-13-21(15-7-9-17(26-3)19(11-15)28-5)24-22(14(2)23(13)25)16-8-10-18(27-4)20(12-16)29-6/h7-14,21-22,24H,1-6H3/p+1/t13-,14+,21-,22-/m0/s1. The molecule has 0 aliphatic carbocycles. The first-order valence-electron chi connectivity index (χ1n) is 9.77. The fraction of sp³-hybridized carbons (Fsp3) is 0.435. The minimum atomic E-state index is -0.112. The van der Waals surface area contributed by atoms with Crippen LogP contribution in [-0.4, -0.2) is 34.2 Å². The first kappa shape index (κ1) is 21.0. The van der Waals surface area contributed by atoms with E-state index >= 15 is 0 Å². The second-order valence-corrected chi connectivity index (χ2v) is 7.45. The summed E-state index contributed by atoms with van der Waals surface area (Å²) in [5, 5.41) is 2.28. The average molecular weight is 400 g/mol. The lowest BCUT2D eigenvalue weighted by Gasteiger charge is -2.36. The quantitative estimate of drug-likeness (QED) is 0.807. The first-order valence-corrected chi connectivity index (χ1v) is 9.77. The van der Waals surface area contributed by atoms with Crippen molar-refractivity contribution >= 4 is 5.78 Å². The number of rotatable bonds is 6. The van der Waals surface area contributed by atoms with Gasteiger partial charge in [-0.25, -0.2) is 0 Å². The Hall–Kier alpha value is -2.73. The molecule has 1 aliphatic rings. The zero-order chi connectivity index (χ0) is 21.1. The van der Waals surface area contributed by atoms with Gasteiger partial charge >= 0.3 is 0 Å². The molecule has 1 aliphatic heterocycles. The fourth-order valence-electron chi connectivity index (χ4n) is 4.25. The zero-order valence-electron chi connectivity index (χ0n) is 17.9. The van der Waals surface area contributed by atoms with Gasteiger partial charge in [-0.3, -0.25) is 4.79 Å². The summed E-state index contributed by atoms with van der Waals surface area (Å²) in [5.41, 5.74) is 2.08. The van der Waals surface area contributed by atoms with Crippen molar-refractivity contribution in [2.75, 3.05) is 28.4 Å². The molecule has 0 unspecified atom stereocenters. The van der Waals surface area contributed by atoms with Crippen molar-refractivity contribution in [3.63, 3.8) is 0 Å². The number of ether oxygens (including phenoxy) is 4. The van der Waals surface area contributed by atoms with Gasteiger partial charge in [0, 0.05) is 11.1 Å². The second-order valence-electron chi connectivity index (χ2n) is 7.45. The van der Waals surface area contributed by atoms with E-state index in [-0.39, 0.29) is 29.7 Å². The number of carbonyl (C=O) groups is 1. The summed E-state index contributed by atoms with van der Waals surface area (Å²) < 4.78 is 21.6. The maximum atomic E-state index is 13.1. The molecule has 4 atom stereocenters. The Kier molecular flexibility index (Phi) is 6.33. The highest BCUT2D eigenvalue weighted by molar-refractivity contribution is 5.84. The van der Waals surface area contributed by atoms with Gasteiger partial charge in [0.25, 0.3) is 0 Å². The number of carbonyl (C=O) groups excluding carboxylic acids is 1. The van der Waals surface area contributed by atoms with Gasteiger partial charge < -0.3 is 24.3 Å². The Labute approximate surface area is 172 Å². The minimum absolute atomic E-state index is 0.0170. The predicted octanol–water partition coefficient (Wildman–Crippen LogP) is 2.92. The van der Waals surface area contributed by atoms with Crippen LogP contribution in [0.5, 0.6) is 23.0 Å². The maximum absolute atomic E-state index is 13.1. The van der Waals surface area contributed by atoms with Crippen LogP contribution in [0.1, 0.15) is 37.1 Å². The van der Waals surface area contributed by atoms with Gasteiger partial charge in [-0.2, -0.15) is 0 Å². The van der Waals surface area contributed by atoms with Crippen LogP contribution >= 0.6 is 0 Å². The number of piperidine rings is 1. The highest BCUT2D eigenvalue weighted by Gasteiger charge is 2.44. The fourth-order valence-corrected chi connectivity index (χ4v) is 4.25. The highest BCUT2D eigenvalue weighted by Crippen LogP contribution is 2.38. The molecule has 0 spiro atoms. The van der Waals surface area contributed by atoms with Gasteiger partial charge in [0.2, 0.25) is 0 Å². The van der Waals surface area contributed by atoms with Crippen LogP contribution in [0, 0.1) is 11.8 Å². The number of methoxy groups -OCH3 is 4. The van der Waals surface area contributed by atoms with Crippen molar-refractivity contribution in [2.24, 2.45) is 11.8 Å². The molecule has 2 aromatic rings. The lowest BCUT2D eigenvalue weighted by Crippen LogP contribution is -2.91. The van der Waals surface area contributed by atoms with Gasteiger partial charge in [-0.1, -0.05) is 0 Å². The van der Waals surface area contributed by atoms with Crippen molar-refractivity contribution in [1.29, 1.82) is 0 Å². The highest BCUT2D eigenvalue weighted by atomic mass is 16.5. The number of benzene rings is 2. The van der Waals surface area contributed by atoms with E-state index < -0.39 is 0 Å². The lowest BCUT2D eigenvalue weighted by molar-refractivity contribution is -0.748. The molecule has 0 aromatic heterocycles. The summed E-state index contributed by atoms with van der Waals surface area (Å²) in [6.07, 6.45) is 0. The molecule has 6 nitrogen and oxygen atoms in total. The Bertz CT molecular complexity index is 812. The number of Topliss-reactive ketones (excluding diaryl/α,β-unsaturated/α-hetero) is 1. The topological polar surface area (TPSA) is 70.6 Å². The Balaban J connectivity index is 1.98. The van der Waals surface area contributed by atoms with E-state index in [1.54, 1.807) is 28.4 Å². The van der Waals surface area contributed by atoms with Crippen LogP contribution in [0.4, 0.5) is 0 Å². The van der Waals surface area contributed by atoms with E-state index in [0.717, 1.165) is 11.1 Å². The van der Waals surface area contributed by atoms with Gasteiger partial charge in [-0.15, -0.1) is 0 Å². The molecule has 0 bridgehead atoms. The van der Waals surface area contributed by atoms with E-state index in [1.807, 2.05) is 50.2 Å². The summed E-state index contributed by atoms with van der Waals surface area (Å²) in [5.74, 6) is 2.72. The summed E-state index contributed by atoms with van der Waals surface area (Å²) in [7, 11) is 6.47. The lowest BCUT2D eigenvalue weighted by atomic mass is 9.76. The van der Waals surface area contributed by atoms with Crippen LogP contribution < -0.4 is 24.3 Å². The van der Waals surface area contributed by atoms with Crippen molar-refractivity contribution in [2.45, 2.75) is 25.9 Å². The van der Waals surface area contributed by atoms with E-state index in [2.05, 4.69) is 5.32 Å². The third kappa shape index (κ3) is 3.90. The van der Waals surface area contributed by atoms with Crippen LogP contribution in [0.25, 0.3) is 0 Å².